The number of ether oxygens (including phenoxy) is 1. The molecular formula is C12H18N2O2. The number of benzene rings is 1. The molecule has 3 N–H and O–H groups in total. The SMILES string of the molecule is COC(=O)c1ccccc1NCC(C)CN. The zero-order valence-corrected chi connectivity index (χ0v) is 9.69. The first kappa shape index (κ1) is 12.5. The molecule has 0 bridgehead atoms. The Balaban J connectivity index is 2.75. The second-order valence-corrected chi connectivity index (χ2v) is 3.76. The molecule has 0 aliphatic rings. The van der Waals surface area contributed by atoms with Crippen molar-refractivity contribution in [2.24, 2.45) is 11.7 Å². The zero-order chi connectivity index (χ0) is 12.0. The van der Waals surface area contributed by atoms with E-state index in [4.69, 9.17) is 10.5 Å². The first-order chi connectivity index (χ1) is 7.69. The summed E-state index contributed by atoms with van der Waals surface area (Å²) in [6.07, 6.45) is 0. The summed E-state index contributed by atoms with van der Waals surface area (Å²) in [4.78, 5) is 11.5. The van der Waals surface area contributed by atoms with Crippen LogP contribution in [0.25, 0.3) is 0 Å². The minimum absolute atomic E-state index is 0.330. The van der Waals surface area contributed by atoms with Crippen LogP contribution in [0.3, 0.4) is 0 Å². The molecule has 0 spiro atoms. The lowest BCUT2D eigenvalue weighted by Crippen LogP contribution is -2.20. The predicted octanol–water partition coefficient (Wildman–Crippen LogP) is 1.48. The maximum atomic E-state index is 11.5. The van der Waals surface area contributed by atoms with Crippen molar-refractivity contribution >= 4 is 11.7 Å². The quantitative estimate of drug-likeness (QED) is 0.741. The van der Waals surface area contributed by atoms with Crippen molar-refractivity contribution in [1.29, 1.82) is 0 Å². The molecule has 0 radical (unpaired) electrons. The van der Waals surface area contributed by atoms with Crippen molar-refractivity contribution in [3.63, 3.8) is 0 Å². The summed E-state index contributed by atoms with van der Waals surface area (Å²) < 4.78 is 4.71. The highest BCUT2D eigenvalue weighted by molar-refractivity contribution is 5.95. The summed E-state index contributed by atoms with van der Waals surface area (Å²) in [5.41, 5.74) is 6.87. The fourth-order valence-corrected chi connectivity index (χ4v) is 1.29. The van der Waals surface area contributed by atoms with E-state index in [1.165, 1.54) is 7.11 Å². The molecule has 1 unspecified atom stereocenters. The van der Waals surface area contributed by atoms with Crippen LogP contribution in [0.1, 0.15) is 17.3 Å². The third kappa shape index (κ3) is 3.24. The Kier molecular flexibility index (Phi) is 4.79. The molecule has 1 aromatic carbocycles. The van der Waals surface area contributed by atoms with Gasteiger partial charge in [0.2, 0.25) is 0 Å². The Morgan fingerprint density at radius 2 is 2.19 bits per heavy atom. The van der Waals surface area contributed by atoms with Crippen LogP contribution in [0.2, 0.25) is 0 Å². The van der Waals surface area contributed by atoms with Crippen molar-refractivity contribution < 1.29 is 9.53 Å². The number of para-hydroxylation sites is 1. The molecular weight excluding hydrogens is 204 g/mol. The van der Waals surface area contributed by atoms with E-state index in [1.807, 2.05) is 25.1 Å². The van der Waals surface area contributed by atoms with Crippen LogP contribution in [0.4, 0.5) is 5.69 Å². The standard InChI is InChI=1S/C12H18N2O2/c1-9(7-13)8-14-11-6-4-3-5-10(11)12(15)16-2/h3-6,9,14H,7-8,13H2,1-2H3. The number of nitrogens with one attached hydrogen (secondary N) is 1. The summed E-state index contributed by atoms with van der Waals surface area (Å²) in [6.45, 7) is 3.41. The molecule has 88 valence electrons. The van der Waals surface area contributed by atoms with Gasteiger partial charge in [0, 0.05) is 12.2 Å². The van der Waals surface area contributed by atoms with Crippen LogP contribution in [0, 0.1) is 5.92 Å². The van der Waals surface area contributed by atoms with Crippen molar-refractivity contribution in [3.05, 3.63) is 29.8 Å². The van der Waals surface area contributed by atoms with Gasteiger partial charge in [0.15, 0.2) is 0 Å². The summed E-state index contributed by atoms with van der Waals surface area (Å²) in [7, 11) is 1.38. The first-order valence-electron chi connectivity index (χ1n) is 5.30. The van der Waals surface area contributed by atoms with Gasteiger partial charge in [-0.1, -0.05) is 19.1 Å². The molecule has 0 aliphatic heterocycles. The Hall–Kier alpha value is -1.55. The number of carbonyl (C=O) groups excluding carboxylic acids is 1. The molecule has 1 aromatic rings. The maximum Gasteiger partial charge on any atom is 0.339 e. The third-order valence-electron chi connectivity index (χ3n) is 2.38. The van der Waals surface area contributed by atoms with Gasteiger partial charge in [0.05, 0.1) is 12.7 Å². The van der Waals surface area contributed by atoms with Gasteiger partial charge in [-0.2, -0.15) is 0 Å². The van der Waals surface area contributed by atoms with Crippen LogP contribution in [0.15, 0.2) is 24.3 Å². The minimum atomic E-state index is -0.330. The van der Waals surface area contributed by atoms with Gasteiger partial charge < -0.3 is 15.8 Å². The highest BCUT2D eigenvalue weighted by Crippen LogP contribution is 2.16. The van der Waals surface area contributed by atoms with Gasteiger partial charge in [-0.05, 0) is 24.6 Å². The van der Waals surface area contributed by atoms with Crippen LogP contribution in [-0.4, -0.2) is 26.2 Å². The number of anilines is 1. The lowest BCUT2D eigenvalue weighted by molar-refractivity contribution is 0.0602. The van der Waals surface area contributed by atoms with Gasteiger partial charge in [0.25, 0.3) is 0 Å². The molecule has 0 amide bonds. The van der Waals surface area contributed by atoms with E-state index in [9.17, 15) is 4.79 Å². The average Bonchev–Trinajstić information content (AvgIpc) is 2.35. The van der Waals surface area contributed by atoms with Gasteiger partial charge in [0.1, 0.15) is 0 Å². The number of esters is 1. The normalized spacial score (nSPS) is 11.9. The summed E-state index contributed by atoms with van der Waals surface area (Å²) in [5.74, 6) is 0.0363. The van der Waals surface area contributed by atoms with Gasteiger partial charge >= 0.3 is 5.97 Å². The summed E-state index contributed by atoms with van der Waals surface area (Å²) in [6, 6.07) is 7.28. The van der Waals surface area contributed by atoms with E-state index in [0.29, 0.717) is 18.0 Å². The predicted molar refractivity (Wildman–Crippen MR) is 64.5 cm³/mol. The van der Waals surface area contributed by atoms with Crippen LogP contribution >= 0.6 is 0 Å². The topological polar surface area (TPSA) is 64.3 Å². The Morgan fingerprint density at radius 1 is 1.50 bits per heavy atom. The smallest absolute Gasteiger partial charge is 0.339 e. The number of hydrogen-bond donors (Lipinski definition) is 2. The number of nitrogens with two attached hydrogens (primary N) is 1. The van der Waals surface area contributed by atoms with E-state index in [-0.39, 0.29) is 5.97 Å². The van der Waals surface area contributed by atoms with E-state index in [1.54, 1.807) is 6.07 Å². The second-order valence-electron chi connectivity index (χ2n) is 3.76. The molecule has 0 aliphatic carbocycles. The third-order valence-corrected chi connectivity index (χ3v) is 2.38. The van der Waals surface area contributed by atoms with Crippen molar-refractivity contribution in [2.45, 2.75) is 6.92 Å². The monoisotopic (exact) mass is 222 g/mol. The lowest BCUT2D eigenvalue weighted by Gasteiger charge is -2.13. The molecule has 1 rings (SSSR count). The number of methoxy groups -OCH3 is 1. The number of rotatable bonds is 5. The Morgan fingerprint density at radius 3 is 2.81 bits per heavy atom. The highest BCUT2D eigenvalue weighted by atomic mass is 16.5. The van der Waals surface area contributed by atoms with E-state index < -0.39 is 0 Å². The van der Waals surface area contributed by atoms with E-state index in [2.05, 4.69) is 5.32 Å². The molecule has 4 nitrogen and oxygen atoms in total. The van der Waals surface area contributed by atoms with Crippen LogP contribution in [0.5, 0.6) is 0 Å². The molecule has 16 heavy (non-hydrogen) atoms. The zero-order valence-electron chi connectivity index (χ0n) is 9.69. The van der Waals surface area contributed by atoms with Crippen LogP contribution < -0.4 is 11.1 Å². The first-order valence-corrected chi connectivity index (χ1v) is 5.30. The molecule has 0 saturated carbocycles. The van der Waals surface area contributed by atoms with Crippen LogP contribution in [-0.2, 0) is 4.74 Å². The van der Waals surface area contributed by atoms with Gasteiger partial charge in [-0.25, -0.2) is 4.79 Å². The molecule has 4 heteroatoms. The second kappa shape index (κ2) is 6.12. The molecule has 1 atom stereocenters. The highest BCUT2D eigenvalue weighted by Gasteiger charge is 2.10. The molecule has 0 aromatic heterocycles. The van der Waals surface area contributed by atoms with Crippen molar-refractivity contribution in [3.8, 4) is 0 Å². The number of hydrogen-bond acceptors (Lipinski definition) is 4. The average molecular weight is 222 g/mol. The Labute approximate surface area is 95.8 Å². The maximum absolute atomic E-state index is 11.5. The van der Waals surface area contributed by atoms with E-state index in [0.717, 1.165) is 12.2 Å². The largest absolute Gasteiger partial charge is 0.465 e. The van der Waals surface area contributed by atoms with Gasteiger partial charge in [-0.3, -0.25) is 0 Å². The minimum Gasteiger partial charge on any atom is -0.465 e. The summed E-state index contributed by atoms with van der Waals surface area (Å²) in [5, 5.41) is 3.20. The Bertz CT molecular complexity index is 353. The molecule has 0 saturated heterocycles. The van der Waals surface area contributed by atoms with Crippen molar-refractivity contribution in [2.75, 3.05) is 25.5 Å². The molecule has 0 heterocycles. The fourth-order valence-electron chi connectivity index (χ4n) is 1.29. The van der Waals surface area contributed by atoms with E-state index >= 15 is 0 Å². The van der Waals surface area contributed by atoms with Gasteiger partial charge in [-0.15, -0.1) is 0 Å². The summed E-state index contributed by atoms with van der Waals surface area (Å²) >= 11 is 0. The number of carbonyl (C=O) groups is 1. The fraction of sp³-hybridized carbons (Fsp3) is 0.417. The van der Waals surface area contributed by atoms with Crippen molar-refractivity contribution in [1.82, 2.24) is 0 Å². The molecule has 0 fully saturated rings. The lowest BCUT2D eigenvalue weighted by atomic mass is 10.1.